The van der Waals surface area contributed by atoms with Gasteiger partial charge >= 0.3 is 12.1 Å². The zero-order valence-corrected chi connectivity index (χ0v) is 17.5. The van der Waals surface area contributed by atoms with Crippen molar-refractivity contribution in [3.05, 3.63) is 35.4 Å². The molecule has 0 N–H and O–H groups in total. The van der Waals surface area contributed by atoms with Crippen LogP contribution in [0.1, 0.15) is 25.0 Å². The molecule has 1 unspecified atom stereocenters. The van der Waals surface area contributed by atoms with Gasteiger partial charge in [-0.1, -0.05) is 11.8 Å². The molecule has 0 aliphatic heterocycles. The summed E-state index contributed by atoms with van der Waals surface area (Å²) < 4.78 is 56.2. The topological polar surface area (TPSA) is 81.4 Å². The summed E-state index contributed by atoms with van der Waals surface area (Å²) in [4.78, 5) is 16.2. The number of rotatable bonds is 7. The second-order valence-corrected chi connectivity index (χ2v) is 7.26. The van der Waals surface area contributed by atoms with Crippen LogP contribution in [0.4, 0.5) is 13.2 Å². The molecule has 6 nitrogen and oxygen atoms in total. The molecule has 0 aliphatic carbocycles. The number of hydrogen-bond acceptors (Lipinski definition) is 7. The molecule has 0 fully saturated rings. The number of aromatic nitrogens is 1. The lowest BCUT2D eigenvalue weighted by Crippen LogP contribution is -2.18. The van der Waals surface area contributed by atoms with Crippen molar-refractivity contribution in [3.63, 3.8) is 0 Å². The predicted octanol–water partition coefficient (Wildman–Crippen LogP) is 4.70. The largest absolute Gasteiger partial charge is 0.493 e. The fourth-order valence-corrected chi connectivity index (χ4v) is 3.48. The van der Waals surface area contributed by atoms with Crippen molar-refractivity contribution < 1.29 is 32.2 Å². The van der Waals surface area contributed by atoms with Crippen LogP contribution in [0, 0.1) is 11.3 Å². The van der Waals surface area contributed by atoms with Crippen molar-refractivity contribution in [1.29, 1.82) is 5.26 Å². The number of esters is 1. The van der Waals surface area contributed by atoms with Crippen LogP contribution in [0.15, 0.2) is 29.3 Å². The highest BCUT2D eigenvalue weighted by molar-refractivity contribution is 8.00. The minimum atomic E-state index is -4.79. The smallest absolute Gasteiger partial charge is 0.417 e. The maximum Gasteiger partial charge on any atom is 0.417 e. The van der Waals surface area contributed by atoms with E-state index in [2.05, 4.69) is 4.98 Å². The Hall–Kier alpha value is -2.93. The number of methoxy groups -OCH3 is 2. The molecule has 0 radical (unpaired) electrons. The summed E-state index contributed by atoms with van der Waals surface area (Å²) in [5.41, 5.74) is -1.48. The van der Waals surface area contributed by atoms with E-state index in [0.29, 0.717) is 17.1 Å². The Morgan fingerprint density at radius 3 is 2.43 bits per heavy atom. The average Bonchev–Trinajstić information content (AvgIpc) is 2.72. The van der Waals surface area contributed by atoms with Crippen molar-refractivity contribution >= 4 is 17.7 Å². The maximum atomic E-state index is 13.7. The first-order valence-electron chi connectivity index (χ1n) is 8.74. The van der Waals surface area contributed by atoms with Crippen LogP contribution in [0.2, 0.25) is 0 Å². The molecule has 160 valence electrons. The molecule has 2 aromatic rings. The summed E-state index contributed by atoms with van der Waals surface area (Å²) >= 11 is 0.735. The molecule has 0 amide bonds. The number of hydrogen-bond donors (Lipinski definition) is 0. The van der Waals surface area contributed by atoms with Crippen molar-refractivity contribution in [2.24, 2.45) is 0 Å². The van der Waals surface area contributed by atoms with Crippen LogP contribution < -0.4 is 9.47 Å². The van der Waals surface area contributed by atoms with Crippen molar-refractivity contribution in [2.75, 3.05) is 20.8 Å². The Bertz CT molecular complexity index is 974. The zero-order chi connectivity index (χ0) is 22.5. The predicted molar refractivity (Wildman–Crippen MR) is 104 cm³/mol. The fraction of sp³-hybridized carbons (Fsp3) is 0.350. The lowest BCUT2D eigenvalue weighted by atomic mass is 10.0. The Morgan fingerprint density at radius 1 is 1.23 bits per heavy atom. The minimum Gasteiger partial charge on any atom is -0.493 e. The first kappa shape index (κ1) is 23.3. The van der Waals surface area contributed by atoms with Crippen LogP contribution in [0.5, 0.6) is 11.5 Å². The van der Waals surface area contributed by atoms with E-state index in [-0.39, 0.29) is 17.3 Å². The van der Waals surface area contributed by atoms with Gasteiger partial charge < -0.3 is 14.2 Å². The lowest BCUT2D eigenvalue weighted by molar-refractivity contribution is -0.142. The molecule has 0 saturated carbocycles. The highest BCUT2D eigenvalue weighted by atomic mass is 32.2. The minimum absolute atomic E-state index is 0.0270. The molecule has 1 atom stereocenters. The number of benzene rings is 1. The van der Waals surface area contributed by atoms with Gasteiger partial charge in [0.05, 0.1) is 37.6 Å². The molecular formula is C20H19F3N2O4S. The van der Waals surface area contributed by atoms with Crippen molar-refractivity contribution in [2.45, 2.75) is 30.3 Å². The molecule has 1 aromatic carbocycles. The highest BCUT2D eigenvalue weighted by Crippen LogP contribution is 2.40. The molecule has 0 aliphatic rings. The van der Waals surface area contributed by atoms with Gasteiger partial charge in [-0.3, -0.25) is 4.79 Å². The number of halogens is 3. The third-order valence-electron chi connectivity index (χ3n) is 3.99. The molecular weight excluding hydrogens is 421 g/mol. The number of nitriles is 1. The van der Waals surface area contributed by atoms with Crippen molar-refractivity contribution in [3.8, 4) is 28.8 Å². The average molecular weight is 440 g/mol. The van der Waals surface area contributed by atoms with Gasteiger partial charge in [0.1, 0.15) is 16.3 Å². The number of ether oxygens (including phenoxy) is 3. The quantitative estimate of drug-likeness (QED) is 0.456. The molecule has 1 aromatic heterocycles. The van der Waals surface area contributed by atoms with E-state index in [4.69, 9.17) is 14.2 Å². The lowest BCUT2D eigenvalue weighted by Gasteiger charge is -2.16. The van der Waals surface area contributed by atoms with E-state index in [9.17, 15) is 23.2 Å². The van der Waals surface area contributed by atoms with E-state index in [0.717, 1.165) is 17.8 Å². The van der Waals surface area contributed by atoms with Gasteiger partial charge in [-0.2, -0.15) is 18.4 Å². The van der Waals surface area contributed by atoms with Gasteiger partial charge in [-0.25, -0.2) is 4.98 Å². The van der Waals surface area contributed by atoms with E-state index in [1.807, 2.05) is 0 Å². The monoisotopic (exact) mass is 440 g/mol. The number of carbonyl (C=O) groups is 1. The van der Waals surface area contributed by atoms with Gasteiger partial charge in [0, 0.05) is 5.56 Å². The maximum absolute atomic E-state index is 13.7. The highest BCUT2D eigenvalue weighted by Gasteiger charge is 2.36. The molecule has 10 heteroatoms. The third kappa shape index (κ3) is 5.16. The number of carbonyl (C=O) groups excluding carboxylic acids is 1. The molecule has 0 bridgehead atoms. The van der Waals surface area contributed by atoms with E-state index < -0.39 is 28.5 Å². The Kier molecular flexibility index (Phi) is 7.56. The number of nitrogens with zero attached hydrogens (tertiary/aromatic N) is 2. The molecule has 30 heavy (non-hydrogen) atoms. The van der Waals surface area contributed by atoms with Gasteiger partial charge in [0.25, 0.3) is 0 Å². The third-order valence-corrected chi connectivity index (χ3v) is 5.05. The second-order valence-electron chi connectivity index (χ2n) is 5.93. The van der Waals surface area contributed by atoms with Crippen LogP contribution >= 0.6 is 11.8 Å². The molecule has 0 saturated heterocycles. The summed E-state index contributed by atoms with van der Waals surface area (Å²) in [5.74, 6) is 0.0959. The summed E-state index contributed by atoms with van der Waals surface area (Å²) in [6.07, 6.45) is -4.79. The zero-order valence-electron chi connectivity index (χ0n) is 16.7. The van der Waals surface area contributed by atoms with E-state index in [1.165, 1.54) is 39.3 Å². The standard InChI is InChI=1S/C20H19F3N2O4S/c1-5-29-19(26)11(2)30-18-13(10-24)14(20(21,22)23)9-15(25-18)12-6-7-16(27-3)17(8-12)28-4/h6-9,11H,5H2,1-4H3. The molecule has 2 rings (SSSR count). The second kappa shape index (κ2) is 9.71. The number of alkyl halides is 3. The first-order valence-corrected chi connectivity index (χ1v) is 9.62. The van der Waals surface area contributed by atoms with Gasteiger partial charge in [-0.05, 0) is 38.1 Å². The van der Waals surface area contributed by atoms with Gasteiger partial charge in [0.15, 0.2) is 11.5 Å². The van der Waals surface area contributed by atoms with Crippen LogP contribution in [0.3, 0.4) is 0 Å². The Labute approximate surface area is 176 Å². The normalized spacial score (nSPS) is 12.1. The first-order chi connectivity index (χ1) is 14.2. The Morgan fingerprint density at radius 2 is 1.90 bits per heavy atom. The van der Waals surface area contributed by atoms with Crippen molar-refractivity contribution in [1.82, 2.24) is 4.98 Å². The summed E-state index contributed by atoms with van der Waals surface area (Å²) in [6, 6.07) is 6.92. The van der Waals surface area contributed by atoms with Gasteiger partial charge in [-0.15, -0.1) is 0 Å². The van der Waals surface area contributed by atoms with E-state index >= 15 is 0 Å². The summed E-state index contributed by atoms with van der Waals surface area (Å²) in [6.45, 7) is 3.22. The molecule has 1 heterocycles. The Balaban J connectivity index is 2.65. The van der Waals surface area contributed by atoms with Crippen LogP contribution in [0.25, 0.3) is 11.3 Å². The van der Waals surface area contributed by atoms with Gasteiger partial charge in [0.2, 0.25) is 0 Å². The molecule has 0 spiro atoms. The van der Waals surface area contributed by atoms with Crippen LogP contribution in [-0.4, -0.2) is 37.0 Å². The number of pyridine rings is 1. The van der Waals surface area contributed by atoms with Crippen LogP contribution in [-0.2, 0) is 15.7 Å². The van der Waals surface area contributed by atoms with E-state index in [1.54, 1.807) is 13.0 Å². The fourth-order valence-electron chi connectivity index (χ4n) is 2.56. The number of thioether (sulfide) groups is 1. The SMILES string of the molecule is CCOC(=O)C(C)Sc1nc(-c2ccc(OC)c(OC)c2)cc(C(F)(F)F)c1C#N. The summed E-state index contributed by atoms with van der Waals surface area (Å²) in [7, 11) is 2.84. The summed E-state index contributed by atoms with van der Waals surface area (Å²) in [5, 5.41) is 8.31.